The van der Waals surface area contributed by atoms with Crippen LogP contribution < -0.4 is 16.8 Å². The van der Waals surface area contributed by atoms with E-state index in [1.165, 1.54) is 35.0 Å². The number of hydrogen-bond acceptors (Lipinski definition) is 10. The minimum atomic E-state index is -1.17. The van der Waals surface area contributed by atoms with Crippen molar-refractivity contribution in [3.05, 3.63) is 11.3 Å². The highest BCUT2D eigenvalue weighted by atomic mass is 32.2. The van der Waals surface area contributed by atoms with Crippen LogP contribution in [0.25, 0.3) is 0 Å². The highest BCUT2D eigenvalue weighted by molar-refractivity contribution is 8.00. The number of amidine groups is 1. The lowest BCUT2D eigenvalue weighted by Gasteiger charge is -2.55. The molecule has 6 rings (SSSR count). The van der Waals surface area contributed by atoms with Crippen molar-refractivity contribution in [2.24, 2.45) is 26.4 Å². The Kier molecular flexibility index (Phi) is 6.62. The van der Waals surface area contributed by atoms with Crippen LogP contribution >= 0.6 is 23.7 Å². The fourth-order valence-corrected chi connectivity index (χ4v) is 7.68. The van der Waals surface area contributed by atoms with Gasteiger partial charge in [-0.1, -0.05) is 5.16 Å². The summed E-state index contributed by atoms with van der Waals surface area (Å²) in [5.74, 6) is -2.35. The molecule has 1 unspecified atom stereocenters. The number of β-lactam (4-membered cyclic amide) rings is 1. The highest BCUT2D eigenvalue weighted by Crippen LogP contribution is 2.46. The lowest BCUT2D eigenvalue weighted by atomic mass is 9.70. The Morgan fingerprint density at radius 2 is 2.00 bits per heavy atom. The van der Waals surface area contributed by atoms with Crippen molar-refractivity contribution >= 4 is 59.6 Å². The molecule has 6 aliphatic heterocycles. The molecule has 6 heterocycles. The minimum Gasteiger partial charge on any atom is -0.477 e. The van der Waals surface area contributed by atoms with E-state index in [4.69, 9.17) is 16.3 Å². The number of oxime groups is 1. The second kappa shape index (κ2) is 9.49. The first-order chi connectivity index (χ1) is 17.6. The average molecular weight is 554 g/mol. The molecular formula is C21H29N8O6S2+. The molecule has 0 aliphatic carbocycles. The number of thioether (sulfide) groups is 1. The number of hydrogen-bond donors (Lipinski definition) is 4. The summed E-state index contributed by atoms with van der Waals surface area (Å²) in [5.41, 5.74) is 11.2. The van der Waals surface area contributed by atoms with E-state index < -0.39 is 40.1 Å². The van der Waals surface area contributed by atoms with Gasteiger partial charge in [-0.25, -0.2) is 9.19 Å². The number of piperidine rings is 3. The van der Waals surface area contributed by atoms with Crippen molar-refractivity contribution in [1.29, 1.82) is 0 Å². The third-order valence-corrected chi connectivity index (χ3v) is 10.0. The molecule has 0 radical (unpaired) electrons. The Morgan fingerprint density at radius 3 is 2.54 bits per heavy atom. The first kappa shape index (κ1) is 25.8. The molecule has 37 heavy (non-hydrogen) atoms. The molecule has 200 valence electrons. The van der Waals surface area contributed by atoms with Crippen LogP contribution in [0.5, 0.6) is 0 Å². The smallest absolute Gasteiger partial charge is 0.352 e. The molecule has 4 fully saturated rings. The van der Waals surface area contributed by atoms with Crippen LogP contribution in [0.4, 0.5) is 0 Å². The predicted molar refractivity (Wildman–Crippen MR) is 135 cm³/mol. The maximum absolute atomic E-state index is 13.1. The van der Waals surface area contributed by atoms with E-state index in [-0.39, 0.29) is 17.4 Å². The van der Waals surface area contributed by atoms with E-state index in [1.54, 1.807) is 0 Å². The van der Waals surface area contributed by atoms with Crippen LogP contribution in [-0.4, -0.2) is 111 Å². The number of primary amides is 1. The van der Waals surface area contributed by atoms with E-state index in [2.05, 4.69) is 14.9 Å². The van der Waals surface area contributed by atoms with Gasteiger partial charge in [0.15, 0.2) is 5.50 Å². The van der Waals surface area contributed by atoms with Crippen molar-refractivity contribution in [1.82, 2.24) is 15.1 Å². The summed E-state index contributed by atoms with van der Waals surface area (Å²) >= 11 is 2.45. The van der Waals surface area contributed by atoms with Crippen LogP contribution in [0, 0.1) is 5.41 Å². The molecule has 0 spiro atoms. The standard InChI is InChI=1S/C21H28N8O6S2/c1-35-26-14(27-10-24-37-20(27)23)15(30)25-12-16(31)28-13(18(32)33)11(9-36-17(12)28)8-29-5-2-21(3-6-29,4-7-29)19(22)34/h10,12,17,20H,2-9,23H2,1H3,(H3-,22,25,30,32,33,34)/p+1/b26-14-/t12-,17-,20?,21?,29?/m1/s1. The summed E-state index contributed by atoms with van der Waals surface area (Å²) in [6.07, 6.45) is 3.43. The van der Waals surface area contributed by atoms with Crippen LogP contribution in [0.2, 0.25) is 0 Å². The molecule has 2 bridgehead atoms. The van der Waals surface area contributed by atoms with Gasteiger partial charge in [0.05, 0.1) is 25.0 Å². The number of nitrogens with one attached hydrogen (secondary N) is 1. The van der Waals surface area contributed by atoms with Crippen molar-refractivity contribution in [3.63, 3.8) is 0 Å². The van der Waals surface area contributed by atoms with Crippen molar-refractivity contribution in [2.45, 2.75) is 36.2 Å². The first-order valence-electron chi connectivity index (χ1n) is 11.8. The van der Waals surface area contributed by atoms with E-state index in [0.29, 0.717) is 41.6 Å². The highest BCUT2D eigenvalue weighted by Gasteiger charge is 2.57. The van der Waals surface area contributed by atoms with Gasteiger partial charge >= 0.3 is 5.97 Å². The van der Waals surface area contributed by atoms with E-state index in [9.17, 15) is 24.3 Å². The number of quaternary nitrogens is 1. The molecule has 6 N–H and O–H groups in total. The molecule has 0 aromatic heterocycles. The number of carbonyl (C=O) groups excluding carboxylic acids is 3. The lowest BCUT2D eigenvalue weighted by molar-refractivity contribution is -0.940. The number of aliphatic carboxylic acids is 1. The fourth-order valence-electron chi connectivity index (χ4n) is 5.81. The first-order valence-corrected chi connectivity index (χ1v) is 13.7. The Labute approximate surface area is 221 Å². The Bertz CT molecular complexity index is 1120. The summed E-state index contributed by atoms with van der Waals surface area (Å²) < 4.78 is 4.64. The zero-order chi connectivity index (χ0) is 26.5. The molecule has 4 saturated heterocycles. The van der Waals surface area contributed by atoms with Gasteiger partial charge in [0.2, 0.25) is 11.7 Å². The summed E-state index contributed by atoms with van der Waals surface area (Å²) in [6.45, 7) is 2.76. The largest absolute Gasteiger partial charge is 0.477 e. The lowest BCUT2D eigenvalue weighted by Crippen LogP contribution is -2.72. The quantitative estimate of drug-likeness (QED) is 0.0744. The summed E-state index contributed by atoms with van der Waals surface area (Å²) in [6, 6.07) is -0.924. The molecule has 16 heteroatoms. The molecule has 0 aromatic carbocycles. The summed E-state index contributed by atoms with van der Waals surface area (Å²) in [4.78, 5) is 57.8. The Balaban J connectivity index is 1.31. The number of amides is 3. The molecular weight excluding hydrogens is 524 g/mol. The maximum Gasteiger partial charge on any atom is 0.352 e. The third-order valence-electron chi connectivity index (χ3n) is 8.02. The molecule has 14 nitrogen and oxygen atoms in total. The number of fused-ring (bicyclic) bond motifs is 4. The van der Waals surface area contributed by atoms with Crippen LogP contribution in [-0.2, 0) is 24.0 Å². The van der Waals surface area contributed by atoms with Gasteiger partial charge in [-0.3, -0.25) is 24.2 Å². The third kappa shape index (κ3) is 4.24. The molecule has 0 aromatic rings. The molecule has 6 aliphatic rings. The van der Waals surface area contributed by atoms with Crippen molar-refractivity contribution < 1.29 is 33.6 Å². The zero-order valence-electron chi connectivity index (χ0n) is 20.2. The van der Waals surface area contributed by atoms with E-state index in [1.807, 2.05) is 0 Å². The zero-order valence-corrected chi connectivity index (χ0v) is 21.8. The molecule has 3 atom stereocenters. The maximum atomic E-state index is 13.1. The van der Waals surface area contributed by atoms with Crippen molar-refractivity contribution in [2.75, 3.05) is 39.0 Å². The second-order valence-corrected chi connectivity index (χ2v) is 11.9. The fraction of sp³-hybridized carbons (Fsp3) is 0.619. The van der Waals surface area contributed by atoms with Gasteiger partial charge in [0.1, 0.15) is 37.1 Å². The van der Waals surface area contributed by atoms with E-state index >= 15 is 0 Å². The monoisotopic (exact) mass is 553 g/mol. The summed E-state index contributed by atoms with van der Waals surface area (Å²) in [5, 5.41) is 15.9. The Morgan fingerprint density at radius 1 is 1.32 bits per heavy atom. The Hall–Kier alpha value is -2.82. The van der Waals surface area contributed by atoms with Crippen molar-refractivity contribution in [3.8, 4) is 0 Å². The van der Waals surface area contributed by atoms with Gasteiger partial charge in [0.25, 0.3) is 11.8 Å². The SMILES string of the molecule is CO/N=C(/C(=O)N[C@@H]1C(=O)N2C(C(=O)O)=C(C[N+]34CCC(C(N)=O)(CC3)CC4)CS[C@H]12)N1C=NSC1N. The second-order valence-electron chi connectivity index (χ2n) is 9.90. The number of rotatable bonds is 6. The number of carbonyl (C=O) groups is 4. The number of nitrogens with two attached hydrogens (primary N) is 2. The molecule has 3 amide bonds. The van der Waals surface area contributed by atoms with Gasteiger partial charge in [-0.05, 0) is 0 Å². The predicted octanol–water partition coefficient (Wildman–Crippen LogP) is -1.59. The van der Waals surface area contributed by atoms with Crippen LogP contribution in [0.1, 0.15) is 19.3 Å². The average Bonchev–Trinajstić information content (AvgIpc) is 3.31. The summed E-state index contributed by atoms with van der Waals surface area (Å²) in [7, 11) is 1.28. The minimum absolute atomic E-state index is 0.0139. The van der Waals surface area contributed by atoms with Gasteiger partial charge < -0.3 is 31.2 Å². The van der Waals surface area contributed by atoms with Crippen LogP contribution in [0.3, 0.4) is 0 Å². The molecule has 0 saturated carbocycles. The van der Waals surface area contributed by atoms with Crippen LogP contribution in [0.15, 0.2) is 20.8 Å². The topological polar surface area (TPSA) is 193 Å². The number of carboxylic acids is 1. The van der Waals surface area contributed by atoms with E-state index in [0.717, 1.165) is 31.6 Å². The number of nitrogens with zero attached hydrogens (tertiary/aromatic N) is 5. The van der Waals surface area contributed by atoms with Gasteiger partial charge in [-0.15, -0.1) is 11.8 Å². The van der Waals surface area contributed by atoms with Gasteiger partial charge in [0, 0.05) is 42.5 Å². The number of carboxylic acid groups (broad SMARTS) is 1. The normalized spacial score (nSPS) is 34.8. The van der Waals surface area contributed by atoms with Gasteiger partial charge in [-0.2, -0.15) is 0 Å².